The van der Waals surface area contributed by atoms with Crippen LogP contribution < -0.4 is 4.90 Å². The second-order valence-corrected chi connectivity index (χ2v) is 6.27. The Morgan fingerprint density at radius 3 is 2.11 bits per heavy atom. The van der Waals surface area contributed by atoms with Crippen molar-refractivity contribution >= 4 is 23.3 Å². The lowest BCUT2D eigenvalue weighted by atomic mass is 10.1. The normalized spacial score (nSPS) is 14.2. The number of benzene rings is 2. The third-order valence-corrected chi connectivity index (χ3v) is 4.36. The first kappa shape index (κ1) is 19.6. The van der Waals surface area contributed by atoms with Gasteiger partial charge in [-0.2, -0.15) is 13.2 Å². The number of esters is 1. The Labute approximate surface area is 158 Å². The van der Waals surface area contributed by atoms with Gasteiger partial charge in [0.25, 0.3) is 0 Å². The lowest BCUT2D eigenvalue weighted by molar-refractivity contribution is -0.137. The van der Waals surface area contributed by atoms with Gasteiger partial charge in [0.2, 0.25) is 5.91 Å². The molecule has 3 rings (SSSR count). The van der Waals surface area contributed by atoms with E-state index in [1.54, 1.807) is 17.0 Å². The van der Waals surface area contributed by atoms with E-state index in [0.717, 1.165) is 30.7 Å². The molecule has 0 saturated carbocycles. The highest BCUT2D eigenvalue weighted by atomic mass is 19.4. The van der Waals surface area contributed by atoms with Gasteiger partial charge >= 0.3 is 12.1 Å². The van der Waals surface area contributed by atoms with Gasteiger partial charge in [0.15, 0.2) is 12.4 Å². The zero-order valence-corrected chi connectivity index (χ0v) is 14.7. The summed E-state index contributed by atoms with van der Waals surface area (Å²) < 4.78 is 42.5. The standard InChI is InChI=1S/C20H16F3NO4/c21-20(22,23)15-7-3-14(4-8-15)19(27)28-12-17(25)13-5-9-16(10-6-13)24-11-1-2-18(24)26/h3-10H,1-2,11-12H2. The summed E-state index contributed by atoms with van der Waals surface area (Å²) in [5.41, 5.74) is 0.0387. The van der Waals surface area contributed by atoms with E-state index < -0.39 is 30.1 Å². The van der Waals surface area contributed by atoms with Crippen LogP contribution in [0.2, 0.25) is 0 Å². The molecule has 0 aromatic heterocycles. The number of ketones is 1. The van der Waals surface area contributed by atoms with Crippen LogP contribution in [0.4, 0.5) is 18.9 Å². The smallest absolute Gasteiger partial charge is 0.416 e. The van der Waals surface area contributed by atoms with E-state index in [-0.39, 0.29) is 11.5 Å². The van der Waals surface area contributed by atoms with Gasteiger partial charge in [0, 0.05) is 24.2 Å². The van der Waals surface area contributed by atoms with Crippen molar-refractivity contribution in [2.45, 2.75) is 19.0 Å². The summed E-state index contributed by atoms with van der Waals surface area (Å²) in [7, 11) is 0. The zero-order chi connectivity index (χ0) is 20.3. The maximum absolute atomic E-state index is 12.5. The molecule has 1 heterocycles. The third-order valence-electron chi connectivity index (χ3n) is 4.36. The minimum atomic E-state index is -4.50. The Morgan fingerprint density at radius 1 is 0.964 bits per heavy atom. The molecule has 1 amide bonds. The number of nitrogens with zero attached hydrogens (tertiary/aromatic N) is 1. The SMILES string of the molecule is O=C(COC(=O)c1ccc(C(F)(F)F)cc1)c1ccc(N2CCCC2=O)cc1. The fourth-order valence-corrected chi connectivity index (χ4v) is 2.84. The summed E-state index contributed by atoms with van der Waals surface area (Å²) in [5.74, 6) is -1.31. The van der Waals surface area contributed by atoms with Crippen LogP contribution in [0.25, 0.3) is 0 Å². The van der Waals surface area contributed by atoms with Crippen LogP contribution >= 0.6 is 0 Å². The van der Waals surface area contributed by atoms with Crippen LogP contribution in [0.1, 0.15) is 39.1 Å². The van der Waals surface area contributed by atoms with Gasteiger partial charge < -0.3 is 9.64 Å². The molecule has 0 unspecified atom stereocenters. The summed E-state index contributed by atoms with van der Waals surface area (Å²) in [6.45, 7) is 0.0959. The number of carbonyl (C=O) groups excluding carboxylic acids is 3. The fourth-order valence-electron chi connectivity index (χ4n) is 2.84. The number of anilines is 1. The first-order valence-electron chi connectivity index (χ1n) is 8.54. The number of hydrogen-bond donors (Lipinski definition) is 0. The molecule has 28 heavy (non-hydrogen) atoms. The van der Waals surface area contributed by atoms with Crippen molar-refractivity contribution in [1.29, 1.82) is 0 Å². The van der Waals surface area contributed by atoms with Gasteiger partial charge in [-0.15, -0.1) is 0 Å². The van der Waals surface area contributed by atoms with Crippen molar-refractivity contribution in [3.63, 3.8) is 0 Å². The minimum absolute atomic E-state index is 0.0320. The average molecular weight is 391 g/mol. The molecule has 1 saturated heterocycles. The molecule has 5 nitrogen and oxygen atoms in total. The van der Waals surface area contributed by atoms with Crippen molar-refractivity contribution in [1.82, 2.24) is 0 Å². The van der Waals surface area contributed by atoms with E-state index in [4.69, 9.17) is 4.74 Å². The second-order valence-electron chi connectivity index (χ2n) is 6.27. The predicted octanol–water partition coefficient (Wildman–Crippen LogP) is 3.87. The lowest BCUT2D eigenvalue weighted by Gasteiger charge is -2.15. The number of alkyl halides is 3. The number of halogens is 3. The first-order valence-corrected chi connectivity index (χ1v) is 8.54. The van der Waals surface area contributed by atoms with Crippen LogP contribution in [0.5, 0.6) is 0 Å². The number of amides is 1. The van der Waals surface area contributed by atoms with E-state index >= 15 is 0 Å². The topological polar surface area (TPSA) is 63.7 Å². The molecular formula is C20H16F3NO4. The van der Waals surface area contributed by atoms with Gasteiger partial charge in [0.05, 0.1) is 11.1 Å². The number of rotatable bonds is 5. The van der Waals surface area contributed by atoms with Crippen LogP contribution in [0, 0.1) is 0 Å². The summed E-state index contributed by atoms with van der Waals surface area (Å²) in [4.78, 5) is 37.4. The highest BCUT2D eigenvalue weighted by molar-refractivity contribution is 6.00. The largest absolute Gasteiger partial charge is 0.454 e. The number of ether oxygens (including phenoxy) is 1. The molecule has 1 aliphatic rings. The van der Waals surface area contributed by atoms with E-state index in [1.807, 2.05) is 0 Å². The molecule has 0 bridgehead atoms. The van der Waals surface area contributed by atoms with Crippen molar-refractivity contribution in [3.05, 3.63) is 65.2 Å². The minimum Gasteiger partial charge on any atom is -0.454 e. The summed E-state index contributed by atoms with van der Waals surface area (Å²) in [5, 5.41) is 0. The predicted molar refractivity (Wildman–Crippen MR) is 94.1 cm³/mol. The third kappa shape index (κ3) is 4.39. The Bertz CT molecular complexity index is 889. The van der Waals surface area contributed by atoms with E-state index in [1.165, 1.54) is 12.1 Å². The number of hydrogen-bond acceptors (Lipinski definition) is 4. The molecule has 0 N–H and O–H groups in total. The van der Waals surface area contributed by atoms with E-state index in [9.17, 15) is 27.6 Å². The molecule has 146 valence electrons. The molecule has 2 aromatic rings. The molecule has 0 aliphatic carbocycles. The Kier molecular flexibility index (Phi) is 5.48. The van der Waals surface area contributed by atoms with Gasteiger partial charge in [-0.3, -0.25) is 9.59 Å². The number of carbonyl (C=O) groups is 3. The maximum atomic E-state index is 12.5. The monoisotopic (exact) mass is 391 g/mol. The Hall–Kier alpha value is -3.16. The van der Waals surface area contributed by atoms with Crippen LogP contribution in [0.3, 0.4) is 0 Å². The van der Waals surface area contributed by atoms with Crippen molar-refractivity contribution in [2.24, 2.45) is 0 Å². The van der Waals surface area contributed by atoms with Gasteiger partial charge in [-0.1, -0.05) is 0 Å². The summed E-state index contributed by atoms with van der Waals surface area (Å²) >= 11 is 0. The Morgan fingerprint density at radius 2 is 1.57 bits per heavy atom. The van der Waals surface area contributed by atoms with Gasteiger partial charge in [-0.05, 0) is 55.0 Å². The molecule has 1 aliphatic heterocycles. The van der Waals surface area contributed by atoms with Crippen molar-refractivity contribution in [2.75, 3.05) is 18.1 Å². The number of Topliss-reactive ketones (excluding diaryl/α,β-unsaturated/α-hetero) is 1. The van der Waals surface area contributed by atoms with E-state index in [0.29, 0.717) is 24.2 Å². The molecule has 8 heteroatoms. The first-order chi connectivity index (χ1) is 13.3. The van der Waals surface area contributed by atoms with Crippen molar-refractivity contribution < 1.29 is 32.3 Å². The summed E-state index contributed by atoms with van der Waals surface area (Å²) in [6.07, 6.45) is -3.20. The molecule has 2 aromatic carbocycles. The molecule has 1 fully saturated rings. The second kappa shape index (κ2) is 7.84. The highest BCUT2D eigenvalue weighted by Crippen LogP contribution is 2.29. The highest BCUT2D eigenvalue weighted by Gasteiger charge is 2.30. The Balaban J connectivity index is 1.57. The van der Waals surface area contributed by atoms with Gasteiger partial charge in [0.1, 0.15) is 0 Å². The van der Waals surface area contributed by atoms with Crippen LogP contribution in [-0.2, 0) is 15.7 Å². The fraction of sp³-hybridized carbons (Fsp3) is 0.250. The van der Waals surface area contributed by atoms with Crippen LogP contribution in [0.15, 0.2) is 48.5 Å². The van der Waals surface area contributed by atoms with Gasteiger partial charge in [-0.25, -0.2) is 4.79 Å². The maximum Gasteiger partial charge on any atom is 0.416 e. The van der Waals surface area contributed by atoms with E-state index in [2.05, 4.69) is 0 Å². The lowest BCUT2D eigenvalue weighted by Crippen LogP contribution is -2.23. The van der Waals surface area contributed by atoms with Crippen molar-refractivity contribution in [3.8, 4) is 0 Å². The molecule has 0 atom stereocenters. The molecular weight excluding hydrogens is 375 g/mol. The zero-order valence-electron chi connectivity index (χ0n) is 14.7. The molecule has 0 spiro atoms. The summed E-state index contributed by atoms with van der Waals surface area (Å²) in [6, 6.07) is 9.91. The quantitative estimate of drug-likeness (QED) is 0.573. The molecule has 0 radical (unpaired) electrons. The average Bonchev–Trinajstić information content (AvgIpc) is 3.11. The van der Waals surface area contributed by atoms with Crippen LogP contribution in [-0.4, -0.2) is 30.8 Å².